The van der Waals surface area contributed by atoms with Crippen LogP contribution in [0.3, 0.4) is 0 Å². The minimum Gasteiger partial charge on any atom is -0.362 e. The highest BCUT2D eigenvalue weighted by molar-refractivity contribution is 7.80. The smallest absolute Gasteiger partial charge is 0.232 e. The summed E-state index contributed by atoms with van der Waals surface area (Å²) in [6.07, 6.45) is 5.54. The lowest BCUT2D eigenvalue weighted by molar-refractivity contribution is 0.444. The van der Waals surface area contributed by atoms with Gasteiger partial charge in [-0.05, 0) is 66.9 Å². The average Bonchev–Trinajstić information content (AvgIpc) is 2.91. The molecule has 0 spiro atoms. The Balaban J connectivity index is 1.28. The van der Waals surface area contributed by atoms with Crippen molar-refractivity contribution in [1.82, 2.24) is 15.3 Å². The first-order valence-corrected chi connectivity index (χ1v) is 13.6. The second kappa shape index (κ2) is 11.7. The second-order valence-electron chi connectivity index (χ2n) is 10.0. The van der Waals surface area contributed by atoms with Gasteiger partial charge in [-0.15, -0.1) is 0 Å². The maximum atomic E-state index is 5.61. The first-order chi connectivity index (χ1) is 17.6. The van der Waals surface area contributed by atoms with Gasteiger partial charge in [-0.2, -0.15) is 9.97 Å². The molecule has 2 N–H and O–H groups in total. The van der Waals surface area contributed by atoms with Crippen molar-refractivity contribution < 1.29 is 0 Å². The quantitative estimate of drug-likeness (QED) is 0.342. The lowest BCUT2D eigenvalue weighted by Crippen LogP contribution is -2.36. The lowest BCUT2D eigenvalue weighted by Gasteiger charge is -2.34. The van der Waals surface area contributed by atoms with E-state index in [-0.39, 0.29) is 0 Å². The van der Waals surface area contributed by atoms with Crippen LogP contribution >= 0.6 is 12.2 Å². The Bertz CT molecular complexity index is 1170. The molecule has 188 valence electrons. The Kier molecular flexibility index (Phi) is 7.96. The Morgan fingerprint density at radius 1 is 0.972 bits per heavy atom. The SMILES string of the molecule is C[C@@H]1CCCN(c2cc(N3CCc4ccccc4C3)nc(NC(=S)NCCCc3ccccc3)n2)C1. The molecule has 1 aromatic heterocycles. The molecule has 2 aliphatic rings. The number of rotatable bonds is 7. The van der Waals surface area contributed by atoms with Crippen LogP contribution in [0.2, 0.25) is 0 Å². The first-order valence-electron chi connectivity index (χ1n) is 13.2. The number of aryl methyl sites for hydroxylation is 1. The number of thiocarbonyl (C=S) groups is 1. The molecular weight excluding hydrogens is 464 g/mol. The van der Waals surface area contributed by atoms with Crippen LogP contribution in [0.1, 0.15) is 42.9 Å². The largest absolute Gasteiger partial charge is 0.362 e. The van der Waals surface area contributed by atoms with Gasteiger partial charge in [-0.3, -0.25) is 0 Å². The van der Waals surface area contributed by atoms with Crippen LogP contribution in [0.25, 0.3) is 0 Å². The molecule has 3 aromatic rings. The first kappa shape index (κ1) is 24.5. The normalized spacial score (nSPS) is 17.4. The van der Waals surface area contributed by atoms with E-state index in [1.807, 2.05) is 0 Å². The lowest BCUT2D eigenvalue weighted by atomic mass is 10.00. The molecule has 0 radical (unpaired) electrons. The van der Waals surface area contributed by atoms with Crippen molar-refractivity contribution in [3.8, 4) is 0 Å². The fraction of sp³-hybridized carbons (Fsp3) is 0.414. The van der Waals surface area contributed by atoms with Gasteiger partial charge in [0.25, 0.3) is 0 Å². The van der Waals surface area contributed by atoms with Crippen LogP contribution in [0.15, 0.2) is 60.7 Å². The van der Waals surface area contributed by atoms with Crippen LogP contribution in [0, 0.1) is 5.92 Å². The van der Waals surface area contributed by atoms with Gasteiger partial charge in [0.1, 0.15) is 11.6 Å². The van der Waals surface area contributed by atoms with Gasteiger partial charge in [0, 0.05) is 38.8 Å². The molecule has 5 rings (SSSR count). The Morgan fingerprint density at radius 2 is 1.72 bits per heavy atom. The van der Waals surface area contributed by atoms with E-state index in [1.54, 1.807) is 0 Å². The number of piperidine rings is 1. The molecule has 1 fully saturated rings. The van der Waals surface area contributed by atoms with E-state index in [9.17, 15) is 0 Å². The predicted molar refractivity (Wildman–Crippen MR) is 153 cm³/mol. The molecule has 1 atom stereocenters. The third-order valence-electron chi connectivity index (χ3n) is 7.13. The summed E-state index contributed by atoms with van der Waals surface area (Å²) in [4.78, 5) is 14.6. The van der Waals surface area contributed by atoms with E-state index < -0.39 is 0 Å². The zero-order chi connectivity index (χ0) is 24.7. The minimum absolute atomic E-state index is 0.570. The van der Waals surface area contributed by atoms with Crippen molar-refractivity contribution >= 4 is 34.9 Å². The van der Waals surface area contributed by atoms with Gasteiger partial charge in [0.05, 0.1) is 0 Å². The van der Waals surface area contributed by atoms with Gasteiger partial charge in [0.15, 0.2) is 5.11 Å². The Hall–Kier alpha value is -3.19. The fourth-order valence-corrected chi connectivity index (χ4v) is 5.37. The summed E-state index contributed by atoms with van der Waals surface area (Å²) in [6, 6.07) is 21.4. The van der Waals surface area contributed by atoms with Crippen molar-refractivity contribution in [3.63, 3.8) is 0 Å². The van der Waals surface area contributed by atoms with Crippen LogP contribution < -0.4 is 20.4 Å². The number of hydrogen-bond acceptors (Lipinski definition) is 5. The number of nitrogens with zero attached hydrogens (tertiary/aromatic N) is 4. The topological polar surface area (TPSA) is 56.3 Å². The number of aromatic nitrogens is 2. The second-order valence-corrected chi connectivity index (χ2v) is 10.4. The van der Waals surface area contributed by atoms with E-state index in [1.165, 1.54) is 29.5 Å². The zero-order valence-electron chi connectivity index (χ0n) is 21.1. The maximum Gasteiger partial charge on any atom is 0.232 e. The number of anilines is 3. The monoisotopic (exact) mass is 500 g/mol. The summed E-state index contributed by atoms with van der Waals surface area (Å²) >= 11 is 5.61. The highest BCUT2D eigenvalue weighted by Gasteiger charge is 2.23. The molecule has 7 heteroatoms. The molecule has 0 unspecified atom stereocenters. The van der Waals surface area contributed by atoms with Gasteiger partial charge in [0.2, 0.25) is 5.95 Å². The standard InChI is InChI=1S/C29H36N6S/c1-22-9-8-17-34(20-22)26-19-27(35-18-15-24-13-5-6-14-25(24)21-35)32-28(31-26)33-29(36)30-16-7-12-23-10-3-2-4-11-23/h2-6,10-11,13-14,19,22H,7-9,12,15-18,20-21H2,1H3,(H2,30,31,32,33,36)/t22-/m1/s1. The van der Waals surface area contributed by atoms with Crippen LogP contribution in [0.5, 0.6) is 0 Å². The summed E-state index contributed by atoms with van der Waals surface area (Å²) in [7, 11) is 0. The number of hydrogen-bond donors (Lipinski definition) is 2. The molecule has 2 aromatic carbocycles. The van der Waals surface area contributed by atoms with Gasteiger partial charge < -0.3 is 20.4 Å². The molecule has 0 saturated carbocycles. The molecule has 3 heterocycles. The van der Waals surface area contributed by atoms with Crippen molar-refractivity contribution in [2.45, 2.75) is 45.6 Å². The average molecular weight is 501 g/mol. The summed E-state index contributed by atoms with van der Waals surface area (Å²) in [5.74, 6) is 3.19. The van der Waals surface area contributed by atoms with Gasteiger partial charge in [-0.1, -0.05) is 61.5 Å². The molecule has 1 saturated heterocycles. The third kappa shape index (κ3) is 6.32. The summed E-state index contributed by atoms with van der Waals surface area (Å²) in [6.45, 7) is 7.01. The van der Waals surface area contributed by atoms with E-state index in [0.29, 0.717) is 17.0 Å². The Morgan fingerprint density at radius 3 is 2.53 bits per heavy atom. The molecule has 6 nitrogen and oxygen atoms in total. The molecule has 2 aliphatic heterocycles. The third-order valence-corrected chi connectivity index (χ3v) is 7.38. The van der Waals surface area contributed by atoms with E-state index >= 15 is 0 Å². The molecular formula is C29H36N6S. The van der Waals surface area contributed by atoms with Crippen molar-refractivity contribution in [3.05, 3.63) is 77.4 Å². The van der Waals surface area contributed by atoms with Crippen LogP contribution in [0.4, 0.5) is 17.6 Å². The van der Waals surface area contributed by atoms with Crippen molar-refractivity contribution in [2.75, 3.05) is 41.3 Å². The number of benzene rings is 2. The molecule has 36 heavy (non-hydrogen) atoms. The number of nitrogens with one attached hydrogen (secondary N) is 2. The molecule has 0 amide bonds. The van der Waals surface area contributed by atoms with E-state index in [0.717, 1.165) is 63.6 Å². The summed E-state index contributed by atoms with van der Waals surface area (Å²) < 4.78 is 0. The van der Waals surface area contributed by atoms with Crippen molar-refractivity contribution in [1.29, 1.82) is 0 Å². The highest BCUT2D eigenvalue weighted by Crippen LogP contribution is 2.29. The Labute approximate surface area is 220 Å². The van der Waals surface area contributed by atoms with Gasteiger partial charge >= 0.3 is 0 Å². The zero-order valence-corrected chi connectivity index (χ0v) is 21.9. The maximum absolute atomic E-state index is 5.61. The van der Waals surface area contributed by atoms with Gasteiger partial charge in [-0.25, -0.2) is 0 Å². The van der Waals surface area contributed by atoms with Crippen molar-refractivity contribution in [2.24, 2.45) is 5.92 Å². The van der Waals surface area contributed by atoms with Crippen LogP contribution in [-0.4, -0.2) is 41.3 Å². The summed E-state index contributed by atoms with van der Waals surface area (Å²) in [5, 5.41) is 7.18. The highest BCUT2D eigenvalue weighted by atomic mass is 32.1. The van der Waals surface area contributed by atoms with E-state index in [4.69, 9.17) is 22.2 Å². The molecule has 0 aliphatic carbocycles. The predicted octanol–water partition coefficient (Wildman–Crippen LogP) is 5.19. The number of fused-ring (bicyclic) bond motifs is 1. The fourth-order valence-electron chi connectivity index (χ4n) is 5.18. The minimum atomic E-state index is 0.570. The van der Waals surface area contributed by atoms with E-state index in [2.05, 4.69) is 88.0 Å². The molecule has 0 bridgehead atoms. The van der Waals surface area contributed by atoms with Crippen LogP contribution in [-0.2, 0) is 19.4 Å². The summed E-state index contributed by atoms with van der Waals surface area (Å²) in [5.41, 5.74) is 4.16.